The van der Waals surface area contributed by atoms with Gasteiger partial charge in [0.25, 0.3) is 0 Å². The van der Waals surface area contributed by atoms with Crippen LogP contribution < -0.4 is 16.4 Å². The Morgan fingerprint density at radius 2 is 1.84 bits per heavy atom. The second-order valence-electron chi connectivity index (χ2n) is 7.34. The lowest BCUT2D eigenvalue weighted by molar-refractivity contribution is -0.146. The van der Waals surface area contributed by atoms with E-state index in [1.165, 1.54) is 13.4 Å². The molecular formula is C20H21Cl2N7O2. The van der Waals surface area contributed by atoms with Gasteiger partial charge in [-0.1, -0.05) is 23.2 Å². The Morgan fingerprint density at radius 1 is 1.13 bits per heavy atom. The van der Waals surface area contributed by atoms with Gasteiger partial charge in [0.1, 0.15) is 17.4 Å². The number of carbonyl (C=O) groups is 1. The van der Waals surface area contributed by atoms with Crippen molar-refractivity contribution >= 4 is 63.3 Å². The maximum absolute atomic E-state index is 11.7. The number of aromatic nitrogens is 4. The highest BCUT2D eigenvalue weighted by Gasteiger charge is 2.27. The van der Waals surface area contributed by atoms with E-state index < -0.39 is 0 Å². The summed E-state index contributed by atoms with van der Waals surface area (Å²) in [6.45, 7) is 0. The van der Waals surface area contributed by atoms with Gasteiger partial charge in [0, 0.05) is 11.7 Å². The van der Waals surface area contributed by atoms with Crippen molar-refractivity contribution in [2.45, 2.75) is 31.7 Å². The van der Waals surface area contributed by atoms with E-state index in [1.807, 2.05) is 0 Å². The van der Waals surface area contributed by atoms with Gasteiger partial charge in [-0.2, -0.15) is 0 Å². The molecule has 31 heavy (non-hydrogen) atoms. The molecule has 2 aromatic heterocycles. The maximum Gasteiger partial charge on any atom is 0.308 e. The van der Waals surface area contributed by atoms with Gasteiger partial charge in [-0.25, -0.2) is 19.9 Å². The van der Waals surface area contributed by atoms with Crippen LogP contribution in [0.1, 0.15) is 25.7 Å². The number of nitrogens with one attached hydrogen (secondary N) is 2. The first-order chi connectivity index (χ1) is 14.9. The summed E-state index contributed by atoms with van der Waals surface area (Å²) in [7, 11) is 1.43. The summed E-state index contributed by atoms with van der Waals surface area (Å²) < 4.78 is 4.85. The van der Waals surface area contributed by atoms with Gasteiger partial charge in [0.05, 0.1) is 35.0 Å². The summed E-state index contributed by atoms with van der Waals surface area (Å²) in [5.41, 5.74) is 7.88. The molecule has 9 nitrogen and oxygen atoms in total. The largest absolute Gasteiger partial charge is 0.469 e. The van der Waals surface area contributed by atoms with Gasteiger partial charge in [-0.3, -0.25) is 4.79 Å². The molecule has 3 aromatic rings. The van der Waals surface area contributed by atoms with Gasteiger partial charge in [0.15, 0.2) is 5.82 Å². The van der Waals surface area contributed by atoms with Crippen LogP contribution in [-0.2, 0) is 9.53 Å². The number of halogens is 2. The van der Waals surface area contributed by atoms with Crippen molar-refractivity contribution < 1.29 is 9.53 Å². The summed E-state index contributed by atoms with van der Waals surface area (Å²) in [5.74, 6) is 0.779. The number of rotatable bonds is 5. The zero-order chi connectivity index (χ0) is 22.0. The third-order valence-electron chi connectivity index (χ3n) is 5.31. The fourth-order valence-corrected chi connectivity index (χ4v) is 4.12. The van der Waals surface area contributed by atoms with Gasteiger partial charge in [-0.15, -0.1) is 0 Å². The molecule has 0 bridgehead atoms. The Morgan fingerprint density at radius 3 is 2.52 bits per heavy atom. The first-order valence-corrected chi connectivity index (χ1v) is 10.5. The Balaban J connectivity index is 1.53. The number of anilines is 4. The lowest BCUT2D eigenvalue weighted by Crippen LogP contribution is -2.30. The number of nitrogen functional groups attached to an aromatic ring is 1. The number of methoxy groups -OCH3 is 1. The van der Waals surface area contributed by atoms with Gasteiger partial charge < -0.3 is 21.1 Å². The number of benzene rings is 1. The second kappa shape index (κ2) is 9.07. The van der Waals surface area contributed by atoms with Crippen molar-refractivity contribution in [3.05, 3.63) is 34.7 Å². The van der Waals surface area contributed by atoms with Crippen LogP contribution in [0.3, 0.4) is 0 Å². The van der Waals surface area contributed by atoms with E-state index in [4.69, 9.17) is 33.7 Å². The van der Waals surface area contributed by atoms with Crippen LogP contribution in [-0.4, -0.2) is 39.1 Å². The normalized spacial score (nSPS) is 18.5. The van der Waals surface area contributed by atoms with E-state index >= 15 is 0 Å². The number of hydrogen-bond donors (Lipinski definition) is 3. The molecule has 1 saturated carbocycles. The lowest BCUT2D eigenvalue weighted by Gasteiger charge is -2.27. The molecule has 1 aliphatic carbocycles. The number of ether oxygens (including phenoxy) is 1. The van der Waals surface area contributed by atoms with E-state index in [-0.39, 0.29) is 17.9 Å². The van der Waals surface area contributed by atoms with Crippen LogP contribution in [0, 0.1) is 5.92 Å². The van der Waals surface area contributed by atoms with E-state index in [0.29, 0.717) is 44.2 Å². The monoisotopic (exact) mass is 461 g/mol. The van der Waals surface area contributed by atoms with Crippen molar-refractivity contribution in [1.82, 2.24) is 19.9 Å². The van der Waals surface area contributed by atoms with Crippen LogP contribution >= 0.6 is 23.2 Å². The zero-order valence-corrected chi connectivity index (χ0v) is 18.2. The molecule has 1 aromatic carbocycles. The highest BCUT2D eigenvalue weighted by molar-refractivity contribution is 6.39. The molecule has 1 fully saturated rings. The summed E-state index contributed by atoms with van der Waals surface area (Å²) in [5, 5.41) is 7.20. The highest BCUT2D eigenvalue weighted by atomic mass is 35.5. The van der Waals surface area contributed by atoms with Crippen molar-refractivity contribution in [2.75, 3.05) is 23.5 Å². The molecule has 0 spiro atoms. The van der Waals surface area contributed by atoms with Crippen molar-refractivity contribution in [3.8, 4) is 0 Å². The van der Waals surface area contributed by atoms with Crippen molar-refractivity contribution in [2.24, 2.45) is 5.92 Å². The molecule has 1 aliphatic rings. The molecule has 162 valence electrons. The topological polar surface area (TPSA) is 128 Å². The summed E-state index contributed by atoms with van der Waals surface area (Å²) in [4.78, 5) is 29.2. The van der Waals surface area contributed by atoms with E-state index in [2.05, 4.69) is 30.6 Å². The number of esters is 1. The number of nitrogens with two attached hydrogens (primary N) is 1. The molecule has 4 N–H and O–H groups in total. The SMILES string of the molecule is COC(=O)[C@H]1CC[C@H](Nc2ncc3ncnc(Nc4cc(Cl)c(N)c(Cl)c4)c3n2)CC1. The molecule has 0 radical (unpaired) electrons. The van der Waals surface area contributed by atoms with Crippen molar-refractivity contribution in [3.63, 3.8) is 0 Å². The first kappa shape index (κ1) is 21.3. The quantitative estimate of drug-likeness (QED) is 0.378. The van der Waals surface area contributed by atoms with Crippen LogP contribution in [0.2, 0.25) is 10.0 Å². The number of carbonyl (C=O) groups excluding carboxylic acids is 1. The molecule has 0 unspecified atom stereocenters. The van der Waals surface area contributed by atoms with E-state index in [0.717, 1.165) is 25.7 Å². The van der Waals surface area contributed by atoms with Crippen LogP contribution in [0.5, 0.6) is 0 Å². The van der Waals surface area contributed by atoms with Crippen LogP contribution in [0.15, 0.2) is 24.7 Å². The fourth-order valence-electron chi connectivity index (χ4n) is 3.63. The summed E-state index contributed by atoms with van der Waals surface area (Å²) >= 11 is 12.3. The number of hydrogen-bond acceptors (Lipinski definition) is 9. The fraction of sp³-hybridized carbons (Fsp3) is 0.350. The Bertz CT molecular complexity index is 1100. The predicted octanol–water partition coefficient (Wildman–Crippen LogP) is 4.20. The third kappa shape index (κ3) is 4.72. The average molecular weight is 462 g/mol. The van der Waals surface area contributed by atoms with Gasteiger partial charge in [-0.05, 0) is 37.8 Å². The van der Waals surface area contributed by atoms with Crippen LogP contribution in [0.4, 0.5) is 23.1 Å². The number of fused-ring (bicyclic) bond motifs is 1. The summed E-state index contributed by atoms with van der Waals surface area (Å²) in [6.07, 6.45) is 6.27. The smallest absolute Gasteiger partial charge is 0.308 e. The second-order valence-corrected chi connectivity index (χ2v) is 8.16. The molecule has 2 heterocycles. The van der Waals surface area contributed by atoms with E-state index in [1.54, 1.807) is 18.3 Å². The molecular weight excluding hydrogens is 441 g/mol. The van der Waals surface area contributed by atoms with Gasteiger partial charge in [0.2, 0.25) is 5.95 Å². The minimum Gasteiger partial charge on any atom is -0.469 e. The summed E-state index contributed by atoms with van der Waals surface area (Å²) in [6, 6.07) is 3.50. The highest BCUT2D eigenvalue weighted by Crippen LogP contribution is 2.33. The van der Waals surface area contributed by atoms with E-state index in [9.17, 15) is 4.79 Å². The molecule has 4 rings (SSSR count). The lowest BCUT2D eigenvalue weighted by atomic mass is 9.86. The first-order valence-electron chi connectivity index (χ1n) is 9.78. The molecule has 0 atom stereocenters. The zero-order valence-electron chi connectivity index (χ0n) is 16.7. The third-order valence-corrected chi connectivity index (χ3v) is 5.94. The van der Waals surface area contributed by atoms with Crippen molar-refractivity contribution in [1.29, 1.82) is 0 Å². The Hall–Kier alpha value is -2.91. The van der Waals surface area contributed by atoms with Gasteiger partial charge >= 0.3 is 5.97 Å². The minimum absolute atomic E-state index is 0.0386. The predicted molar refractivity (Wildman–Crippen MR) is 121 cm³/mol. The Kier molecular flexibility index (Phi) is 6.24. The number of nitrogens with zero attached hydrogens (tertiary/aromatic N) is 4. The van der Waals surface area contributed by atoms with Crippen LogP contribution in [0.25, 0.3) is 11.0 Å². The maximum atomic E-state index is 11.7. The molecule has 0 amide bonds. The Labute approximate surface area is 188 Å². The minimum atomic E-state index is -0.142. The molecule has 0 saturated heterocycles. The molecule has 11 heteroatoms. The molecule has 0 aliphatic heterocycles. The standard InChI is InChI=1S/C20H21Cl2N7O2/c1-31-19(30)10-2-4-11(5-3-10)28-20-24-8-15-17(29-20)18(26-9-25-15)27-12-6-13(21)16(23)14(22)7-12/h6-11H,2-5,23H2,1H3,(H,24,28,29)(H,25,26,27)/t10-,11-. The average Bonchev–Trinajstić information content (AvgIpc) is 2.78.